The van der Waals surface area contributed by atoms with E-state index in [1.54, 1.807) is 0 Å². The third-order valence-corrected chi connectivity index (χ3v) is 8.51. The summed E-state index contributed by atoms with van der Waals surface area (Å²) in [6, 6.07) is 52.0. The number of para-hydroxylation sites is 4. The number of anilines is 4. The van der Waals surface area contributed by atoms with Crippen molar-refractivity contribution in [1.82, 2.24) is 9.55 Å². The van der Waals surface area contributed by atoms with Gasteiger partial charge in [0.1, 0.15) is 5.82 Å². The summed E-state index contributed by atoms with van der Waals surface area (Å²) in [4.78, 5) is 9.16. The monoisotopic (exact) mass is 748 g/mol. The molecule has 0 N–H and O–H groups in total. The average molecular weight is 749 g/mol. The van der Waals surface area contributed by atoms with Gasteiger partial charge in [-0.25, -0.2) is 4.98 Å². The zero-order valence-corrected chi connectivity index (χ0v) is 26.7. The second kappa shape index (κ2) is 11.1. The van der Waals surface area contributed by atoms with Crippen molar-refractivity contribution in [2.45, 2.75) is 19.3 Å². The van der Waals surface area contributed by atoms with Crippen LogP contribution < -0.4 is 9.80 Å². The number of pyridine rings is 1. The summed E-state index contributed by atoms with van der Waals surface area (Å²) in [5.41, 5.74) is 8.41. The fourth-order valence-electron chi connectivity index (χ4n) is 6.19. The van der Waals surface area contributed by atoms with Crippen LogP contribution in [0.15, 0.2) is 134 Å². The maximum absolute atomic E-state index is 4.70. The van der Waals surface area contributed by atoms with Crippen LogP contribution in [0.3, 0.4) is 0 Å². The van der Waals surface area contributed by atoms with E-state index in [2.05, 4.69) is 156 Å². The molecule has 2 aromatic heterocycles. The Morgan fingerprint density at radius 1 is 0.614 bits per heavy atom. The molecule has 5 heteroatoms. The van der Waals surface area contributed by atoms with Crippen LogP contribution in [0.5, 0.6) is 0 Å². The van der Waals surface area contributed by atoms with Gasteiger partial charge < -0.3 is 14.4 Å². The fourth-order valence-corrected chi connectivity index (χ4v) is 6.19. The molecule has 0 bridgehead atoms. The number of benzene rings is 5. The van der Waals surface area contributed by atoms with Crippen LogP contribution in [0.1, 0.15) is 25.0 Å². The zero-order chi connectivity index (χ0) is 29.0. The van der Waals surface area contributed by atoms with Crippen LogP contribution in [0.2, 0.25) is 0 Å². The standard InChI is InChI=1S/C39H29N4.Pt/c1-39(2,29-22-23-33-32-17-6-7-18-34(32)43(37(33)26-29)38-21-10-11-24-40-38)28-13-12-16-31(25-28)42-27-41(30-14-4-3-5-15-30)35-19-8-9-20-36(35)42;/h3-24,27H,1-2H3;/q-3;. The zero-order valence-electron chi connectivity index (χ0n) is 24.4. The molecule has 0 unspecified atom stereocenters. The quantitative estimate of drug-likeness (QED) is 0.164. The molecule has 3 heterocycles. The summed E-state index contributed by atoms with van der Waals surface area (Å²) < 4.78 is 2.22. The van der Waals surface area contributed by atoms with Gasteiger partial charge >= 0.3 is 0 Å². The molecule has 0 atom stereocenters. The van der Waals surface area contributed by atoms with Gasteiger partial charge in [0.2, 0.25) is 0 Å². The Hall–Kier alpha value is -4.66. The average Bonchev–Trinajstić information content (AvgIpc) is 3.62. The molecular weight excluding hydrogens is 720 g/mol. The van der Waals surface area contributed by atoms with Gasteiger partial charge in [-0.2, -0.15) is 53.6 Å². The first-order chi connectivity index (χ1) is 21.1. The van der Waals surface area contributed by atoms with Crippen LogP contribution >= 0.6 is 0 Å². The second-order valence-corrected chi connectivity index (χ2v) is 11.4. The third-order valence-electron chi connectivity index (χ3n) is 8.51. The Morgan fingerprint density at radius 3 is 2.11 bits per heavy atom. The van der Waals surface area contributed by atoms with Gasteiger partial charge in [0, 0.05) is 49.8 Å². The van der Waals surface area contributed by atoms with Crippen LogP contribution in [0.25, 0.3) is 27.6 Å². The van der Waals surface area contributed by atoms with Crippen LogP contribution in [-0.4, -0.2) is 9.55 Å². The Morgan fingerprint density at radius 2 is 1.32 bits per heavy atom. The summed E-state index contributed by atoms with van der Waals surface area (Å²) in [7, 11) is 0. The van der Waals surface area contributed by atoms with E-state index in [-0.39, 0.29) is 26.5 Å². The first kappa shape index (κ1) is 28.1. The molecule has 1 aliphatic rings. The van der Waals surface area contributed by atoms with E-state index < -0.39 is 0 Å². The summed E-state index contributed by atoms with van der Waals surface area (Å²) in [6.07, 6.45) is 1.84. The van der Waals surface area contributed by atoms with Gasteiger partial charge in [0.25, 0.3) is 0 Å². The molecule has 0 saturated carbocycles. The van der Waals surface area contributed by atoms with Crippen LogP contribution in [0.4, 0.5) is 22.7 Å². The van der Waals surface area contributed by atoms with Crippen molar-refractivity contribution < 1.29 is 21.1 Å². The molecule has 218 valence electrons. The smallest absolute Gasteiger partial charge is 0.135 e. The summed E-state index contributed by atoms with van der Waals surface area (Å²) in [5, 5.41) is 2.37. The Kier molecular flexibility index (Phi) is 7.11. The largest absolute Gasteiger partial charge is 0.493 e. The van der Waals surface area contributed by atoms with Crippen molar-refractivity contribution in [1.29, 1.82) is 0 Å². The number of hydrogen-bond donors (Lipinski definition) is 0. The van der Waals surface area contributed by atoms with E-state index in [1.807, 2.05) is 24.4 Å². The second-order valence-electron chi connectivity index (χ2n) is 11.4. The molecule has 0 saturated heterocycles. The number of aromatic nitrogens is 2. The van der Waals surface area contributed by atoms with Crippen LogP contribution in [-0.2, 0) is 26.5 Å². The van der Waals surface area contributed by atoms with Crippen LogP contribution in [0, 0.1) is 18.8 Å². The minimum absolute atomic E-state index is 0. The molecule has 0 aliphatic carbocycles. The van der Waals surface area contributed by atoms with Crippen molar-refractivity contribution in [3.63, 3.8) is 0 Å². The predicted molar refractivity (Wildman–Crippen MR) is 176 cm³/mol. The minimum atomic E-state index is -0.353. The maximum Gasteiger partial charge on any atom is 0.135 e. The summed E-state index contributed by atoms with van der Waals surface area (Å²) >= 11 is 0. The maximum atomic E-state index is 4.70. The summed E-state index contributed by atoms with van der Waals surface area (Å²) in [5.74, 6) is 0.889. The molecule has 8 rings (SSSR count). The van der Waals surface area contributed by atoms with E-state index in [1.165, 1.54) is 10.8 Å². The van der Waals surface area contributed by atoms with Gasteiger partial charge in [0.05, 0.1) is 0 Å². The normalized spacial score (nSPS) is 12.9. The Balaban J connectivity index is 0.00000312. The van der Waals surface area contributed by atoms with Gasteiger partial charge in [-0.3, -0.25) is 0 Å². The number of nitrogens with zero attached hydrogens (tertiary/aromatic N) is 4. The first-order valence-electron chi connectivity index (χ1n) is 14.6. The molecule has 44 heavy (non-hydrogen) atoms. The van der Waals surface area contributed by atoms with Gasteiger partial charge in [-0.1, -0.05) is 74.0 Å². The minimum Gasteiger partial charge on any atom is -0.493 e. The van der Waals surface area contributed by atoms with Gasteiger partial charge in [0.15, 0.2) is 0 Å². The molecule has 0 amide bonds. The van der Waals surface area contributed by atoms with Gasteiger partial charge in [-0.15, -0.1) is 17.7 Å². The van der Waals surface area contributed by atoms with Crippen molar-refractivity contribution in [3.8, 4) is 5.82 Å². The number of hydrogen-bond acceptors (Lipinski definition) is 3. The van der Waals surface area contributed by atoms with E-state index in [0.717, 1.165) is 50.7 Å². The molecular formula is C39H29N4Pt-3. The SMILES string of the molecule is CC(C)(c1[c-]c(N2[CH-]N(c3ccccc3)c3ccccc32)ccc1)c1[c-]c2c(cc1)c1ccccc1n2-c1ccccn1.[Pt]. The van der Waals surface area contributed by atoms with E-state index in [0.29, 0.717) is 0 Å². The Labute approximate surface area is 272 Å². The summed E-state index contributed by atoms with van der Waals surface area (Å²) in [6.45, 7) is 6.67. The third kappa shape index (κ3) is 4.53. The molecule has 7 aromatic rings. The first-order valence-corrected chi connectivity index (χ1v) is 14.6. The fraction of sp³-hybridized carbons (Fsp3) is 0.0769. The Bertz CT molecular complexity index is 2100. The number of fused-ring (bicyclic) bond motifs is 4. The van der Waals surface area contributed by atoms with Crippen molar-refractivity contribution in [2.24, 2.45) is 0 Å². The van der Waals surface area contributed by atoms with E-state index in [9.17, 15) is 0 Å². The molecule has 1 aliphatic heterocycles. The number of rotatable bonds is 5. The predicted octanol–water partition coefficient (Wildman–Crippen LogP) is 9.51. The van der Waals surface area contributed by atoms with E-state index >= 15 is 0 Å². The van der Waals surface area contributed by atoms with Crippen molar-refractivity contribution in [2.75, 3.05) is 9.80 Å². The molecule has 0 fully saturated rings. The topological polar surface area (TPSA) is 24.3 Å². The molecule has 4 nitrogen and oxygen atoms in total. The van der Waals surface area contributed by atoms with Gasteiger partial charge in [-0.05, 0) is 53.3 Å². The molecule has 0 spiro atoms. The molecule has 0 radical (unpaired) electrons. The van der Waals surface area contributed by atoms with E-state index in [4.69, 9.17) is 4.98 Å². The van der Waals surface area contributed by atoms with Crippen molar-refractivity contribution in [3.05, 3.63) is 164 Å². The van der Waals surface area contributed by atoms with Crippen molar-refractivity contribution >= 4 is 44.6 Å². The molecule has 5 aromatic carbocycles.